The van der Waals surface area contributed by atoms with E-state index in [1.165, 1.54) is 70.6 Å². The van der Waals surface area contributed by atoms with E-state index in [-0.39, 0.29) is 6.10 Å². The fourth-order valence-corrected chi connectivity index (χ4v) is 8.87. The second kappa shape index (κ2) is 7.43. The number of aliphatic hydroxyl groups excluding tert-OH is 1. The average Bonchev–Trinajstić information content (AvgIpc) is 3.65. The van der Waals surface area contributed by atoms with Gasteiger partial charge in [0, 0.05) is 0 Å². The zero-order valence-electron chi connectivity index (χ0n) is 18.4. The summed E-state index contributed by atoms with van der Waals surface area (Å²) in [6.45, 7) is 0. The van der Waals surface area contributed by atoms with E-state index >= 15 is 0 Å². The smallest absolute Gasteiger partial charge is 0.0844 e. The summed E-state index contributed by atoms with van der Waals surface area (Å²) in [5.41, 5.74) is 0. The van der Waals surface area contributed by atoms with E-state index < -0.39 is 0 Å². The first-order chi connectivity index (χ1) is 14.7. The molecule has 3 aliphatic heterocycles. The van der Waals surface area contributed by atoms with Crippen LogP contribution in [0.25, 0.3) is 0 Å². The van der Waals surface area contributed by atoms with Gasteiger partial charge in [-0.2, -0.15) is 0 Å². The molecule has 0 aromatic carbocycles. The average molecular weight is 417 g/mol. The highest BCUT2D eigenvalue weighted by Crippen LogP contribution is 2.57. The maximum atomic E-state index is 10.2. The van der Waals surface area contributed by atoms with Crippen molar-refractivity contribution in [3.63, 3.8) is 0 Å². The summed E-state index contributed by atoms with van der Waals surface area (Å²) in [6.07, 6.45) is 20.0. The van der Waals surface area contributed by atoms with Crippen LogP contribution in [-0.4, -0.2) is 47.8 Å². The van der Waals surface area contributed by atoms with Crippen molar-refractivity contribution in [3.8, 4) is 0 Å². The van der Waals surface area contributed by atoms with Crippen molar-refractivity contribution >= 4 is 0 Å². The van der Waals surface area contributed by atoms with Crippen molar-refractivity contribution in [2.24, 2.45) is 35.5 Å². The van der Waals surface area contributed by atoms with Gasteiger partial charge in [0.1, 0.15) is 0 Å². The molecule has 10 atom stereocenters. The summed E-state index contributed by atoms with van der Waals surface area (Å²) in [5, 5.41) is 10.2. The van der Waals surface area contributed by atoms with Gasteiger partial charge in [-0.05, 0) is 119 Å². The molecule has 0 radical (unpaired) electrons. The van der Waals surface area contributed by atoms with Crippen molar-refractivity contribution in [2.75, 3.05) is 0 Å². The summed E-state index contributed by atoms with van der Waals surface area (Å²) in [6, 6.07) is 0. The normalized spacial score (nSPS) is 56.1. The Kier molecular flexibility index (Phi) is 4.79. The second-order valence-electron chi connectivity index (χ2n) is 12.1. The predicted octanol–water partition coefficient (Wildman–Crippen LogP) is 4.47. The van der Waals surface area contributed by atoms with E-state index in [9.17, 15) is 5.11 Å². The van der Waals surface area contributed by atoms with Gasteiger partial charge in [0.25, 0.3) is 0 Å². The third-order valence-electron chi connectivity index (χ3n) is 10.5. The number of hydrogen-bond acceptors (Lipinski definition) is 4. The van der Waals surface area contributed by atoms with Gasteiger partial charge in [0.2, 0.25) is 0 Å². The first-order valence-electron chi connectivity index (χ1n) is 13.4. The Bertz CT molecular complexity index is 617. The van der Waals surface area contributed by atoms with Crippen LogP contribution in [-0.2, 0) is 14.2 Å². The molecule has 7 aliphatic rings. The quantitative estimate of drug-likeness (QED) is 0.672. The van der Waals surface area contributed by atoms with Crippen LogP contribution in [0.2, 0.25) is 0 Å². The minimum atomic E-state index is -0.0477. The molecular weight excluding hydrogens is 376 g/mol. The summed E-state index contributed by atoms with van der Waals surface area (Å²) in [7, 11) is 0. The van der Waals surface area contributed by atoms with E-state index in [1.54, 1.807) is 0 Å². The van der Waals surface area contributed by atoms with Crippen molar-refractivity contribution < 1.29 is 19.3 Å². The lowest BCUT2D eigenvalue weighted by Crippen LogP contribution is -2.44. The van der Waals surface area contributed by atoms with Crippen LogP contribution in [0.4, 0.5) is 0 Å². The summed E-state index contributed by atoms with van der Waals surface area (Å²) >= 11 is 0. The van der Waals surface area contributed by atoms with Gasteiger partial charge >= 0.3 is 0 Å². The van der Waals surface area contributed by atoms with Gasteiger partial charge in [0.05, 0.1) is 42.7 Å². The number of aliphatic hydroxyl groups is 1. The van der Waals surface area contributed by atoms with E-state index in [2.05, 4.69) is 0 Å². The van der Waals surface area contributed by atoms with Crippen molar-refractivity contribution in [1.82, 2.24) is 0 Å². The molecule has 1 N–H and O–H groups in total. The third-order valence-corrected chi connectivity index (χ3v) is 10.5. The molecule has 0 aromatic heterocycles. The van der Waals surface area contributed by atoms with Crippen LogP contribution in [0.1, 0.15) is 83.5 Å². The monoisotopic (exact) mass is 416 g/mol. The van der Waals surface area contributed by atoms with Gasteiger partial charge in [-0.25, -0.2) is 0 Å². The molecule has 4 saturated carbocycles. The van der Waals surface area contributed by atoms with Gasteiger partial charge in [-0.3, -0.25) is 0 Å². The Morgan fingerprint density at radius 2 is 0.800 bits per heavy atom. The lowest BCUT2D eigenvalue weighted by Gasteiger charge is -2.49. The van der Waals surface area contributed by atoms with E-state index in [1.807, 2.05) is 0 Å². The molecule has 0 aromatic rings. The number of ether oxygens (including phenoxy) is 3. The second-order valence-corrected chi connectivity index (χ2v) is 12.1. The van der Waals surface area contributed by atoms with Gasteiger partial charge in [-0.1, -0.05) is 0 Å². The molecule has 4 nitrogen and oxygen atoms in total. The maximum Gasteiger partial charge on any atom is 0.0844 e. The molecular formula is C26H40O4. The minimum Gasteiger partial charge on any atom is -0.393 e. The van der Waals surface area contributed by atoms with Crippen molar-refractivity contribution in [2.45, 2.75) is 126 Å². The lowest BCUT2D eigenvalue weighted by atomic mass is 9.55. The Morgan fingerprint density at radius 1 is 0.433 bits per heavy atom. The van der Waals surface area contributed by atoms with Crippen LogP contribution in [0.15, 0.2) is 0 Å². The number of hydrogen-bond donors (Lipinski definition) is 1. The molecule has 4 heteroatoms. The minimum absolute atomic E-state index is 0.0477. The van der Waals surface area contributed by atoms with Crippen LogP contribution in [0.3, 0.4) is 0 Å². The Morgan fingerprint density at radius 3 is 1.20 bits per heavy atom. The lowest BCUT2D eigenvalue weighted by molar-refractivity contribution is -0.0102. The Hall–Kier alpha value is -0.160. The predicted molar refractivity (Wildman–Crippen MR) is 113 cm³/mol. The number of epoxide rings is 3. The molecule has 7 rings (SSSR count). The molecule has 30 heavy (non-hydrogen) atoms. The van der Waals surface area contributed by atoms with E-state index in [0.29, 0.717) is 36.6 Å². The Balaban J connectivity index is 1.19. The van der Waals surface area contributed by atoms with Crippen molar-refractivity contribution in [1.29, 1.82) is 0 Å². The molecule has 3 heterocycles. The maximum absolute atomic E-state index is 10.2. The SMILES string of the molecule is OC1CCC(C(C2CCC3OC3C2)C(C2CCC3OC3C2)C2CCC3OC3C2)CC1. The number of fused-ring (bicyclic) bond motifs is 3. The molecule has 3 saturated heterocycles. The van der Waals surface area contributed by atoms with Gasteiger partial charge in [0.15, 0.2) is 0 Å². The molecule has 7 fully saturated rings. The number of rotatable bonds is 5. The molecule has 4 aliphatic carbocycles. The molecule has 0 amide bonds. The van der Waals surface area contributed by atoms with E-state index in [4.69, 9.17) is 14.2 Å². The Labute approximate surface area is 181 Å². The van der Waals surface area contributed by atoms with Crippen LogP contribution < -0.4 is 0 Å². The molecule has 168 valence electrons. The molecule has 0 bridgehead atoms. The van der Waals surface area contributed by atoms with Crippen molar-refractivity contribution in [3.05, 3.63) is 0 Å². The highest BCUT2D eigenvalue weighted by molar-refractivity contribution is 5.04. The van der Waals surface area contributed by atoms with Crippen LogP contribution in [0, 0.1) is 35.5 Å². The zero-order valence-corrected chi connectivity index (χ0v) is 18.4. The van der Waals surface area contributed by atoms with Gasteiger partial charge in [-0.15, -0.1) is 0 Å². The zero-order chi connectivity index (χ0) is 19.8. The van der Waals surface area contributed by atoms with E-state index in [0.717, 1.165) is 48.3 Å². The topological polar surface area (TPSA) is 57.8 Å². The fourth-order valence-electron chi connectivity index (χ4n) is 8.87. The first-order valence-corrected chi connectivity index (χ1v) is 13.4. The highest BCUT2D eigenvalue weighted by atomic mass is 16.6. The summed E-state index contributed by atoms with van der Waals surface area (Å²) < 4.78 is 18.0. The first kappa shape index (κ1) is 19.3. The third kappa shape index (κ3) is 3.58. The molecule has 10 unspecified atom stereocenters. The van der Waals surface area contributed by atoms with Crippen LogP contribution >= 0.6 is 0 Å². The molecule has 0 spiro atoms. The standard InChI is InChI=1S/C26H40O4/c27-18-6-1-14(2-7-18)25(15-3-8-19-22(11-15)28-19)26(16-4-9-20-23(12-16)29-20)17-5-10-21-24(13-17)30-21/h14-27H,1-13H2. The highest BCUT2D eigenvalue weighted by Gasteiger charge is 2.55. The fraction of sp³-hybridized carbons (Fsp3) is 1.00. The summed E-state index contributed by atoms with van der Waals surface area (Å²) in [4.78, 5) is 0. The summed E-state index contributed by atoms with van der Waals surface area (Å²) in [5.74, 6) is 5.04. The van der Waals surface area contributed by atoms with Crippen LogP contribution in [0.5, 0.6) is 0 Å². The largest absolute Gasteiger partial charge is 0.393 e. The van der Waals surface area contributed by atoms with Gasteiger partial charge < -0.3 is 19.3 Å².